The molecule has 1 heterocycles. The van der Waals surface area contributed by atoms with E-state index in [2.05, 4.69) is 10.0 Å². The van der Waals surface area contributed by atoms with Gasteiger partial charge in [-0.15, -0.1) is 0 Å². The molecule has 186 valence electrons. The maximum atomic E-state index is 13.8. The number of sulfonamides is 1. The maximum absolute atomic E-state index is 13.8. The highest BCUT2D eigenvalue weighted by Crippen LogP contribution is 2.29. The van der Waals surface area contributed by atoms with Crippen molar-refractivity contribution in [3.05, 3.63) is 29.6 Å². The molecule has 3 N–H and O–H groups in total. The second-order valence-corrected chi connectivity index (χ2v) is 9.60. The quantitative estimate of drug-likeness (QED) is 0.358. The van der Waals surface area contributed by atoms with Gasteiger partial charge in [-0.1, -0.05) is 13.0 Å². The van der Waals surface area contributed by atoms with Gasteiger partial charge in [0.15, 0.2) is 11.6 Å². The first kappa shape index (κ1) is 26.9. The van der Waals surface area contributed by atoms with Crippen LogP contribution in [-0.4, -0.2) is 68.8 Å². The first-order valence-electron chi connectivity index (χ1n) is 10.4. The molecule has 0 aliphatic carbocycles. The Bertz CT molecular complexity index is 947. The van der Waals surface area contributed by atoms with Crippen molar-refractivity contribution in [3.8, 4) is 5.75 Å². The topological polar surface area (TPSA) is 125 Å². The molecule has 1 aromatic rings. The molecule has 1 saturated heterocycles. The maximum Gasteiger partial charge on any atom is 0.324 e. The van der Waals surface area contributed by atoms with E-state index in [0.29, 0.717) is 13.0 Å². The molecule has 1 aliphatic rings. The third-order valence-electron chi connectivity index (χ3n) is 5.24. The van der Waals surface area contributed by atoms with Gasteiger partial charge in [-0.2, -0.15) is 0 Å². The highest BCUT2D eigenvalue weighted by atomic mass is 32.2. The van der Waals surface area contributed by atoms with Crippen LogP contribution in [0.2, 0.25) is 0 Å². The number of nitrogens with one attached hydrogen (secondary N) is 2. The van der Waals surface area contributed by atoms with Crippen LogP contribution in [0.25, 0.3) is 0 Å². The number of hydrogen-bond donors (Lipinski definition) is 3. The number of ether oxygens (including phenoxy) is 1. The Morgan fingerprint density at radius 3 is 2.67 bits per heavy atom. The normalized spacial score (nSPS) is 16.6. The van der Waals surface area contributed by atoms with Crippen LogP contribution < -0.4 is 14.8 Å². The summed E-state index contributed by atoms with van der Waals surface area (Å²) in [5, 5.41) is 13.1. The molecule has 1 aliphatic heterocycles. The van der Waals surface area contributed by atoms with Crippen LogP contribution in [0.15, 0.2) is 18.2 Å². The minimum absolute atomic E-state index is 0.0538. The van der Waals surface area contributed by atoms with E-state index in [9.17, 15) is 36.3 Å². The monoisotopic (exact) mass is 495 g/mol. The smallest absolute Gasteiger partial charge is 0.324 e. The summed E-state index contributed by atoms with van der Waals surface area (Å²) in [5.41, 5.74) is -1.61. The first-order chi connectivity index (χ1) is 15.5. The molecular formula is C20H28F3N3O6S. The van der Waals surface area contributed by atoms with Crippen molar-refractivity contribution in [1.29, 1.82) is 0 Å². The molecular weight excluding hydrogens is 467 g/mol. The third kappa shape index (κ3) is 8.16. The molecule has 1 aromatic carbocycles. The average molecular weight is 496 g/mol. The minimum atomic E-state index is -3.79. The summed E-state index contributed by atoms with van der Waals surface area (Å²) >= 11 is 0. The van der Waals surface area contributed by atoms with Gasteiger partial charge in [0, 0.05) is 26.1 Å². The summed E-state index contributed by atoms with van der Waals surface area (Å²) in [6.07, 6.45) is -1.93. The van der Waals surface area contributed by atoms with Crippen molar-refractivity contribution >= 4 is 22.0 Å². The number of rotatable bonds is 13. The molecule has 0 spiro atoms. The molecule has 0 unspecified atom stereocenters. The summed E-state index contributed by atoms with van der Waals surface area (Å²) in [5.74, 6) is -1.95. The molecule has 3 amide bonds. The van der Waals surface area contributed by atoms with Gasteiger partial charge < -0.3 is 14.7 Å². The lowest BCUT2D eigenvalue weighted by Crippen LogP contribution is -2.49. The number of amides is 3. The molecule has 0 radical (unpaired) electrons. The van der Waals surface area contributed by atoms with Crippen LogP contribution in [-0.2, 0) is 20.4 Å². The van der Waals surface area contributed by atoms with Crippen molar-refractivity contribution in [2.75, 3.05) is 32.0 Å². The van der Waals surface area contributed by atoms with Gasteiger partial charge in [-0.3, -0.25) is 10.1 Å². The van der Waals surface area contributed by atoms with E-state index < -0.39 is 52.8 Å². The predicted molar refractivity (Wildman–Crippen MR) is 113 cm³/mol. The number of imide groups is 1. The Morgan fingerprint density at radius 2 is 2.03 bits per heavy atom. The van der Waals surface area contributed by atoms with E-state index in [-0.39, 0.29) is 43.0 Å². The molecule has 0 aromatic heterocycles. The van der Waals surface area contributed by atoms with Gasteiger partial charge >= 0.3 is 6.03 Å². The van der Waals surface area contributed by atoms with E-state index in [1.54, 1.807) is 6.92 Å². The van der Waals surface area contributed by atoms with Crippen molar-refractivity contribution in [1.82, 2.24) is 14.9 Å². The SMILES string of the molecule is CC[C@@](O)(CNS(=O)(=O)CCCCN1CCC(=O)NC1=O)c1ccc(F)c(OCC(F)F)c1. The Hall–Kier alpha value is -2.38. The number of alkyl halides is 2. The minimum Gasteiger partial charge on any atom is -0.485 e. The summed E-state index contributed by atoms with van der Waals surface area (Å²) in [7, 11) is -3.79. The van der Waals surface area contributed by atoms with Crippen molar-refractivity contribution < 1.29 is 41.0 Å². The van der Waals surface area contributed by atoms with Gasteiger partial charge in [-0.25, -0.2) is 31.1 Å². The third-order valence-corrected chi connectivity index (χ3v) is 6.65. The highest BCUT2D eigenvalue weighted by Gasteiger charge is 2.30. The molecule has 1 fully saturated rings. The summed E-state index contributed by atoms with van der Waals surface area (Å²) in [4.78, 5) is 24.2. The lowest BCUT2D eigenvalue weighted by molar-refractivity contribution is -0.121. The van der Waals surface area contributed by atoms with Crippen molar-refractivity contribution in [2.24, 2.45) is 0 Å². The van der Waals surface area contributed by atoms with Gasteiger partial charge in [0.05, 0.1) is 5.75 Å². The van der Waals surface area contributed by atoms with Crippen LogP contribution in [0, 0.1) is 5.82 Å². The number of carbonyl (C=O) groups excluding carboxylic acids is 2. The van der Waals surface area contributed by atoms with E-state index in [4.69, 9.17) is 4.74 Å². The number of nitrogens with zero attached hydrogens (tertiary/aromatic N) is 1. The van der Waals surface area contributed by atoms with E-state index >= 15 is 0 Å². The number of halogens is 3. The number of urea groups is 1. The van der Waals surface area contributed by atoms with Crippen molar-refractivity contribution in [3.63, 3.8) is 0 Å². The fourth-order valence-electron chi connectivity index (χ4n) is 3.20. The number of hydrogen-bond acceptors (Lipinski definition) is 6. The summed E-state index contributed by atoms with van der Waals surface area (Å²) in [6, 6.07) is 2.76. The standard InChI is InChI=1S/C20H28F3N3O6S/c1-2-20(29,14-5-6-15(21)16(11-14)32-12-17(22)23)13-24-33(30,31)10-4-3-8-26-9-7-18(27)25-19(26)28/h5-6,11,17,24,29H,2-4,7-10,12-13H2,1H3,(H,25,27,28)/t20-/m1/s1. The molecule has 33 heavy (non-hydrogen) atoms. The van der Waals surface area contributed by atoms with Gasteiger partial charge in [-0.05, 0) is 37.0 Å². The second-order valence-electron chi connectivity index (χ2n) is 7.67. The molecule has 13 heteroatoms. The lowest BCUT2D eigenvalue weighted by Gasteiger charge is -2.28. The Morgan fingerprint density at radius 1 is 1.30 bits per heavy atom. The molecule has 9 nitrogen and oxygen atoms in total. The fourth-order valence-corrected chi connectivity index (χ4v) is 4.38. The van der Waals surface area contributed by atoms with Gasteiger partial charge in [0.25, 0.3) is 6.43 Å². The van der Waals surface area contributed by atoms with Crippen LogP contribution in [0.4, 0.5) is 18.0 Å². The summed E-state index contributed by atoms with van der Waals surface area (Å²) < 4.78 is 70.3. The van der Waals surface area contributed by atoms with Crippen molar-refractivity contribution in [2.45, 2.75) is 44.6 Å². The number of aliphatic hydroxyl groups is 1. The highest BCUT2D eigenvalue weighted by molar-refractivity contribution is 7.89. The van der Waals surface area contributed by atoms with E-state index in [1.807, 2.05) is 0 Å². The van der Waals surface area contributed by atoms with Crippen LogP contribution in [0.1, 0.15) is 38.2 Å². The first-order valence-corrected chi connectivity index (χ1v) is 12.1. The van der Waals surface area contributed by atoms with Gasteiger partial charge in [0.2, 0.25) is 15.9 Å². The summed E-state index contributed by atoms with van der Waals surface area (Å²) in [6.45, 7) is 0.728. The van der Waals surface area contributed by atoms with Crippen LogP contribution in [0.5, 0.6) is 5.75 Å². The number of benzene rings is 1. The predicted octanol–water partition coefficient (Wildman–Crippen LogP) is 1.71. The Kier molecular flexibility index (Phi) is 9.49. The second kappa shape index (κ2) is 11.7. The molecule has 2 rings (SSSR count). The molecule has 0 saturated carbocycles. The van der Waals surface area contributed by atoms with E-state index in [1.165, 1.54) is 11.0 Å². The zero-order valence-electron chi connectivity index (χ0n) is 18.2. The van der Waals surface area contributed by atoms with Crippen LogP contribution in [0.3, 0.4) is 0 Å². The largest absolute Gasteiger partial charge is 0.485 e. The lowest BCUT2D eigenvalue weighted by atomic mass is 9.91. The zero-order chi connectivity index (χ0) is 24.6. The zero-order valence-corrected chi connectivity index (χ0v) is 19.0. The average Bonchev–Trinajstić information content (AvgIpc) is 2.75. The number of unbranched alkanes of at least 4 members (excludes halogenated alkanes) is 1. The number of carbonyl (C=O) groups is 2. The van der Waals surface area contributed by atoms with Gasteiger partial charge in [0.1, 0.15) is 12.2 Å². The van der Waals surface area contributed by atoms with E-state index in [0.717, 1.165) is 12.1 Å². The van der Waals surface area contributed by atoms with Crippen LogP contribution >= 0.6 is 0 Å². The molecule has 0 bridgehead atoms. The Labute approximate surface area is 190 Å². The molecule has 1 atom stereocenters. The fraction of sp³-hybridized carbons (Fsp3) is 0.600. The Balaban J connectivity index is 1.90.